The second kappa shape index (κ2) is 5.71. The van der Waals surface area contributed by atoms with Crippen molar-refractivity contribution < 1.29 is 19.1 Å². The van der Waals surface area contributed by atoms with E-state index in [1.165, 1.54) is 12.1 Å². The van der Waals surface area contributed by atoms with Crippen molar-refractivity contribution >= 4 is 33.5 Å². The van der Waals surface area contributed by atoms with Crippen LogP contribution in [0.25, 0.3) is 0 Å². The minimum Gasteiger partial charge on any atom is -0.481 e. The highest BCUT2D eigenvalue weighted by molar-refractivity contribution is 9.10. The molecule has 0 saturated carbocycles. The summed E-state index contributed by atoms with van der Waals surface area (Å²) in [6.07, 6.45) is -0.246. The number of benzene rings is 1. The Hall–Kier alpha value is -2.08. The van der Waals surface area contributed by atoms with E-state index in [4.69, 9.17) is 9.52 Å². The standard InChI is InChI=1S/C13H10BrNO4/c14-8-2-1-3-9(6-8)15-13(18)11-5-4-10(19-11)7-12(16)17/h1-6H,7H2,(H,15,18)(H,16,17). The molecule has 2 N–H and O–H groups in total. The van der Waals surface area contributed by atoms with E-state index in [9.17, 15) is 9.59 Å². The second-order valence-corrected chi connectivity index (χ2v) is 4.72. The molecule has 0 atom stereocenters. The molecular weight excluding hydrogens is 314 g/mol. The van der Waals surface area contributed by atoms with Crippen LogP contribution >= 0.6 is 15.9 Å². The van der Waals surface area contributed by atoms with Crippen molar-refractivity contribution in [3.63, 3.8) is 0 Å². The first kappa shape index (κ1) is 13.4. The van der Waals surface area contributed by atoms with Gasteiger partial charge >= 0.3 is 5.97 Å². The first-order chi connectivity index (χ1) is 9.04. The summed E-state index contributed by atoms with van der Waals surface area (Å²) in [4.78, 5) is 22.4. The van der Waals surface area contributed by atoms with Crippen LogP contribution in [0, 0.1) is 0 Å². The summed E-state index contributed by atoms with van der Waals surface area (Å²) in [6.45, 7) is 0. The zero-order valence-corrected chi connectivity index (χ0v) is 11.3. The number of carboxylic acid groups (broad SMARTS) is 1. The van der Waals surface area contributed by atoms with Gasteiger partial charge in [-0.3, -0.25) is 9.59 Å². The van der Waals surface area contributed by atoms with Gasteiger partial charge in [-0.15, -0.1) is 0 Å². The average Bonchev–Trinajstić information content (AvgIpc) is 2.76. The average molecular weight is 324 g/mol. The molecule has 0 spiro atoms. The topological polar surface area (TPSA) is 79.5 Å². The minimum atomic E-state index is -1.01. The summed E-state index contributed by atoms with van der Waals surface area (Å²) >= 11 is 3.30. The summed E-state index contributed by atoms with van der Waals surface area (Å²) < 4.78 is 6.00. The van der Waals surface area contributed by atoms with Gasteiger partial charge < -0.3 is 14.8 Å². The molecule has 0 bridgehead atoms. The third kappa shape index (κ3) is 3.69. The zero-order valence-electron chi connectivity index (χ0n) is 9.72. The molecule has 0 fully saturated rings. The number of carboxylic acids is 1. The van der Waals surface area contributed by atoms with E-state index in [2.05, 4.69) is 21.2 Å². The van der Waals surface area contributed by atoms with Crippen LogP contribution in [0.1, 0.15) is 16.3 Å². The Morgan fingerprint density at radius 3 is 2.74 bits per heavy atom. The molecule has 0 radical (unpaired) electrons. The Morgan fingerprint density at radius 2 is 2.05 bits per heavy atom. The van der Waals surface area contributed by atoms with Crippen molar-refractivity contribution in [3.8, 4) is 0 Å². The summed E-state index contributed by atoms with van der Waals surface area (Å²) in [5.74, 6) is -1.11. The minimum absolute atomic E-state index is 0.0798. The van der Waals surface area contributed by atoms with E-state index in [0.29, 0.717) is 5.69 Å². The number of furan rings is 1. The molecule has 6 heteroatoms. The Balaban J connectivity index is 2.07. The number of carbonyl (C=O) groups excluding carboxylic acids is 1. The number of hydrogen-bond acceptors (Lipinski definition) is 3. The van der Waals surface area contributed by atoms with Crippen LogP contribution in [-0.2, 0) is 11.2 Å². The van der Waals surface area contributed by atoms with Crippen molar-refractivity contribution in [2.45, 2.75) is 6.42 Å². The quantitative estimate of drug-likeness (QED) is 0.906. The van der Waals surface area contributed by atoms with Crippen molar-refractivity contribution in [2.24, 2.45) is 0 Å². The smallest absolute Gasteiger partial charge is 0.311 e. The fourth-order valence-electron chi connectivity index (χ4n) is 1.50. The van der Waals surface area contributed by atoms with E-state index in [1.54, 1.807) is 18.2 Å². The number of rotatable bonds is 4. The highest BCUT2D eigenvalue weighted by Crippen LogP contribution is 2.17. The van der Waals surface area contributed by atoms with Gasteiger partial charge in [0.05, 0.1) is 0 Å². The molecule has 19 heavy (non-hydrogen) atoms. The highest BCUT2D eigenvalue weighted by Gasteiger charge is 2.13. The predicted octanol–water partition coefficient (Wildman–Crippen LogP) is 2.92. The Morgan fingerprint density at radius 1 is 1.26 bits per heavy atom. The van der Waals surface area contributed by atoms with Gasteiger partial charge in [0.15, 0.2) is 5.76 Å². The van der Waals surface area contributed by atoms with Crippen LogP contribution < -0.4 is 5.32 Å². The third-order valence-electron chi connectivity index (χ3n) is 2.29. The highest BCUT2D eigenvalue weighted by atomic mass is 79.9. The van der Waals surface area contributed by atoms with Gasteiger partial charge in [0.25, 0.3) is 5.91 Å². The van der Waals surface area contributed by atoms with E-state index in [0.717, 1.165) is 4.47 Å². The molecule has 2 rings (SSSR count). The lowest BCUT2D eigenvalue weighted by molar-refractivity contribution is -0.136. The van der Waals surface area contributed by atoms with Crippen LogP contribution in [0.2, 0.25) is 0 Å². The SMILES string of the molecule is O=C(O)Cc1ccc(C(=O)Nc2cccc(Br)c2)o1. The Kier molecular flexibility index (Phi) is 4.01. The van der Waals surface area contributed by atoms with Gasteiger partial charge in [-0.2, -0.15) is 0 Å². The van der Waals surface area contributed by atoms with E-state index in [1.807, 2.05) is 6.07 Å². The predicted molar refractivity (Wildman–Crippen MR) is 72.1 cm³/mol. The number of anilines is 1. The van der Waals surface area contributed by atoms with E-state index >= 15 is 0 Å². The van der Waals surface area contributed by atoms with Gasteiger partial charge in [0.2, 0.25) is 0 Å². The fraction of sp³-hybridized carbons (Fsp3) is 0.0769. The Bertz CT molecular complexity index is 621. The number of aliphatic carboxylic acids is 1. The molecule has 98 valence electrons. The van der Waals surface area contributed by atoms with Gasteiger partial charge in [0.1, 0.15) is 12.2 Å². The van der Waals surface area contributed by atoms with Gasteiger partial charge in [-0.05, 0) is 30.3 Å². The normalized spacial score (nSPS) is 10.2. The molecule has 1 heterocycles. The number of carbonyl (C=O) groups is 2. The lowest BCUT2D eigenvalue weighted by Crippen LogP contribution is -2.10. The monoisotopic (exact) mass is 323 g/mol. The van der Waals surface area contributed by atoms with Crippen molar-refractivity contribution in [3.05, 3.63) is 52.4 Å². The molecule has 1 aromatic carbocycles. The van der Waals surface area contributed by atoms with Gasteiger partial charge in [-0.1, -0.05) is 22.0 Å². The molecule has 2 aromatic rings. The van der Waals surface area contributed by atoms with Crippen LogP contribution in [0.15, 0.2) is 45.3 Å². The molecule has 0 saturated heterocycles. The maximum atomic E-state index is 11.9. The Labute approximate surface area is 117 Å². The fourth-order valence-corrected chi connectivity index (χ4v) is 1.90. The molecule has 0 aliphatic carbocycles. The molecule has 0 unspecified atom stereocenters. The number of halogens is 1. The van der Waals surface area contributed by atoms with Crippen LogP contribution in [0.5, 0.6) is 0 Å². The lowest BCUT2D eigenvalue weighted by Gasteiger charge is -2.03. The largest absolute Gasteiger partial charge is 0.481 e. The van der Waals surface area contributed by atoms with Crippen LogP contribution in [-0.4, -0.2) is 17.0 Å². The summed E-state index contributed by atoms with van der Waals surface area (Å²) in [6, 6.07) is 10.0. The summed E-state index contributed by atoms with van der Waals surface area (Å²) in [5, 5.41) is 11.3. The van der Waals surface area contributed by atoms with Crippen molar-refractivity contribution in [1.82, 2.24) is 0 Å². The third-order valence-corrected chi connectivity index (χ3v) is 2.79. The molecule has 0 aliphatic heterocycles. The van der Waals surface area contributed by atoms with Gasteiger partial charge in [0, 0.05) is 10.2 Å². The number of hydrogen-bond donors (Lipinski definition) is 2. The molecule has 1 aromatic heterocycles. The second-order valence-electron chi connectivity index (χ2n) is 3.80. The molecular formula is C13H10BrNO4. The summed E-state index contributed by atoms with van der Waals surface area (Å²) in [7, 11) is 0. The molecule has 0 aliphatic rings. The molecule has 1 amide bonds. The van der Waals surface area contributed by atoms with Crippen LogP contribution in [0.3, 0.4) is 0 Å². The van der Waals surface area contributed by atoms with Crippen molar-refractivity contribution in [2.75, 3.05) is 5.32 Å². The number of nitrogens with one attached hydrogen (secondary N) is 1. The first-order valence-electron chi connectivity index (χ1n) is 5.42. The molecule has 5 nitrogen and oxygen atoms in total. The van der Waals surface area contributed by atoms with Gasteiger partial charge in [-0.25, -0.2) is 0 Å². The zero-order chi connectivity index (χ0) is 13.8. The first-order valence-corrected chi connectivity index (χ1v) is 6.21. The lowest BCUT2D eigenvalue weighted by atomic mass is 10.3. The van der Waals surface area contributed by atoms with E-state index in [-0.39, 0.29) is 17.9 Å². The maximum absolute atomic E-state index is 11.9. The maximum Gasteiger partial charge on any atom is 0.311 e. The van der Waals surface area contributed by atoms with E-state index < -0.39 is 11.9 Å². The summed E-state index contributed by atoms with van der Waals surface area (Å²) in [5.41, 5.74) is 0.621. The number of amides is 1. The van der Waals surface area contributed by atoms with Crippen molar-refractivity contribution in [1.29, 1.82) is 0 Å². The van der Waals surface area contributed by atoms with Crippen LogP contribution in [0.4, 0.5) is 5.69 Å².